The van der Waals surface area contributed by atoms with Crippen LogP contribution in [-0.4, -0.2) is 21.8 Å². The molecule has 25 heavy (non-hydrogen) atoms. The average molecular weight is 328 g/mol. The van der Waals surface area contributed by atoms with Crippen LogP contribution in [0.15, 0.2) is 94.9 Å². The number of amidine groups is 1. The first kappa shape index (κ1) is 15.3. The van der Waals surface area contributed by atoms with Crippen molar-refractivity contribution in [3.05, 3.63) is 102 Å². The molecule has 0 spiro atoms. The van der Waals surface area contributed by atoms with Gasteiger partial charge in [0.15, 0.2) is 5.84 Å². The van der Waals surface area contributed by atoms with E-state index in [-0.39, 0.29) is 5.75 Å². The highest BCUT2D eigenvalue weighted by Crippen LogP contribution is 2.33. The van der Waals surface area contributed by atoms with E-state index in [9.17, 15) is 10.2 Å². The van der Waals surface area contributed by atoms with Gasteiger partial charge < -0.3 is 10.2 Å². The van der Waals surface area contributed by atoms with Gasteiger partial charge in [-0.25, -0.2) is 9.98 Å². The lowest BCUT2D eigenvalue weighted by molar-refractivity contribution is 0.126. The van der Waals surface area contributed by atoms with Crippen molar-refractivity contribution in [2.45, 2.75) is 5.72 Å². The van der Waals surface area contributed by atoms with E-state index in [1.807, 2.05) is 60.7 Å². The Morgan fingerprint density at radius 2 is 1.28 bits per heavy atom. The van der Waals surface area contributed by atoms with Crippen LogP contribution in [-0.2, 0) is 5.72 Å². The van der Waals surface area contributed by atoms with Crippen molar-refractivity contribution < 1.29 is 10.2 Å². The maximum absolute atomic E-state index is 11.4. The Morgan fingerprint density at radius 3 is 1.92 bits per heavy atom. The molecule has 3 aromatic carbocycles. The Bertz CT molecular complexity index is 948. The van der Waals surface area contributed by atoms with Crippen molar-refractivity contribution in [3.8, 4) is 5.75 Å². The average Bonchev–Trinajstić information content (AvgIpc) is 3.03. The molecule has 4 rings (SSSR count). The summed E-state index contributed by atoms with van der Waals surface area (Å²) in [6, 6.07) is 25.5. The minimum absolute atomic E-state index is 0.174. The van der Waals surface area contributed by atoms with Gasteiger partial charge in [0.2, 0.25) is 5.72 Å². The molecule has 1 aliphatic rings. The highest BCUT2D eigenvalue weighted by Gasteiger charge is 2.40. The van der Waals surface area contributed by atoms with Crippen LogP contribution in [0.4, 0.5) is 0 Å². The van der Waals surface area contributed by atoms with Gasteiger partial charge in [0.25, 0.3) is 0 Å². The van der Waals surface area contributed by atoms with Crippen LogP contribution in [0.1, 0.15) is 16.7 Å². The molecule has 1 heterocycles. The van der Waals surface area contributed by atoms with Crippen LogP contribution in [0, 0.1) is 0 Å². The Labute approximate surface area is 145 Å². The number of rotatable bonds is 3. The van der Waals surface area contributed by atoms with Crippen LogP contribution in [0.3, 0.4) is 0 Å². The predicted octanol–water partition coefficient (Wildman–Crippen LogP) is 3.49. The van der Waals surface area contributed by atoms with E-state index < -0.39 is 5.72 Å². The first-order valence-corrected chi connectivity index (χ1v) is 7.98. The number of phenolic OH excluding ortho intramolecular Hbond substituents is 1. The molecule has 0 fully saturated rings. The van der Waals surface area contributed by atoms with E-state index in [1.165, 1.54) is 0 Å². The Balaban J connectivity index is 1.88. The maximum Gasteiger partial charge on any atom is 0.228 e. The highest BCUT2D eigenvalue weighted by molar-refractivity contribution is 6.20. The third-order valence-electron chi connectivity index (χ3n) is 4.16. The number of nitrogens with zero attached hydrogens (tertiary/aromatic N) is 2. The van der Waals surface area contributed by atoms with Crippen LogP contribution in [0.5, 0.6) is 5.75 Å². The number of hydrogen-bond acceptors (Lipinski definition) is 4. The minimum atomic E-state index is -1.55. The SMILES string of the molecule is Oc1ccc(C2=NC(O)(c3ccccc3)C(c3ccccc3)=N2)cc1. The molecule has 0 saturated carbocycles. The van der Waals surface area contributed by atoms with Gasteiger partial charge in [0.05, 0.1) is 0 Å². The molecular weight excluding hydrogens is 312 g/mol. The number of hydrogen-bond donors (Lipinski definition) is 2. The van der Waals surface area contributed by atoms with Gasteiger partial charge in [-0.15, -0.1) is 0 Å². The van der Waals surface area contributed by atoms with Gasteiger partial charge in [-0.1, -0.05) is 60.7 Å². The lowest BCUT2D eigenvalue weighted by atomic mass is 9.94. The summed E-state index contributed by atoms with van der Waals surface area (Å²) in [7, 11) is 0. The zero-order valence-electron chi connectivity index (χ0n) is 13.4. The number of benzene rings is 3. The van der Waals surface area contributed by atoms with Crippen molar-refractivity contribution in [2.75, 3.05) is 0 Å². The summed E-state index contributed by atoms with van der Waals surface area (Å²) in [4.78, 5) is 9.16. The summed E-state index contributed by atoms with van der Waals surface area (Å²) >= 11 is 0. The number of aliphatic imine (C=N–C) groups is 2. The Hall–Kier alpha value is -3.24. The van der Waals surface area contributed by atoms with Crippen molar-refractivity contribution in [1.29, 1.82) is 0 Å². The van der Waals surface area contributed by atoms with Crippen molar-refractivity contribution in [3.63, 3.8) is 0 Å². The van der Waals surface area contributed by atoms with Gasteiger partial charge in [0.1, 0.15) is 11.5 Å². The Morgan fingerprint density at radius 1 is 0.680 bits per heavy atom. The van der Waals surface area contributed by atoms with Gasteiger partial charge in [-0.05, 0) is 24.3 Å². The van der Waals surface area contributed by atoms with Crippen LogP contribution in [0.25, 0.3) is 0 Å². The van der Waals surface area contributed by atoms with Gasteiger partial charge in [-0.2, -0.15) is 0 Å². The zero-order valence-corrected chi connectivity index (χ0v) is 13.4. The molecule has 4 heteroatoms. The van der Waals surface area contributed by atoms with E-state index in [0.717, 1.165) is 11.1 Å². The molecule has 0 radical (unpaired) electrons. The third-order valence-corrected chi connectivity index (χ3v) is 4.16. The second-order valence-corrected chi connectivity index (χ2v) is 5.85. The standard InChI is InChI=1S/C21H16N2O2/c24-18-13-11-16(12-14-18)20-22-19(15-7-3-1-4-8-15)21(25,23-20)17-9-5-2-6-10-17/h1-14,24-25H. The number of phenols is 1. The largest absolute Gasteiger partial charge is 0.508 e. The van der Waals surface area contributed by atoms with Crippen molar-refractivity contribution in [1.82, 2.24) is 0 Å². The summed E-state index contributed by atoms with van der Waals surface area (Å²) in [5.41, 5.74) is 1.15. The fourth-order valence-corrected chi connectivity index (χ4v) is 2.89. The molecular formula is C21H16N2O2. The van der Waals surface area contributed by atoms with Gasteiger partial charge in [-0.3, -0.25) is 0 Å². The van der Waals surface area contributed by atoms with E-state index >= 15 is 0 Å². The fraction of sp³-hybridized carbons (Fsp3) is 0.0476. The molecule has 0 amide bonds. The number of aromatic hydroxyl groups is 1. The molecule has 2 N–H and O–H groups in total. The fourth-order valence-electron chi connectivity index (χ4n) is 2.89. The molecule has 0 aliphatic carbocycles. The summed E-state index contributed by atoms with van der Waals surface area (Å²) in [5.74, 6) is 0.609. The van der Waals surface area contributed by atoms with Gasteiger partial charge in [0, 0.05) is 16.7 Å². The van der Waals surface area contributed by atoms with Crippen LogP contribution >= 0.6 is 0 Å². The lowest BCUT2D eigenvalue weighted by Gasteiger charge is -2.22. The normalized spacial score (nSPS) is 19.4. The molecule has 1 aliphatic heterocycles. The van der Waals surface area contributed by atoms with Gasteiger partial charge >= 0.3 is 0 Å². The van der Waals surface area contributed by atoms with Crippen LogP contribution in [0.2, 0.25) is 0 Å². The zero-order chi connectivity index (χ0) is 17.3. The molecule has 4 nitrogen and oxygen atoms in total. The van der Waals surface area contributed by atoms with E-state index in [0.29, 0.717) is 17.1 Å². The molecule has 1 unspecified atom stereocenters. The van der Waals surface area contributed by atoms with Crippen LogP contribution < -0.4 is 0 Å². The summed E-state index contributed by atoms with van der Waals surface area (Å²) in [5, 5.41) is 20.9. The summed E-state index contributed by atoms with van der Waals surface area (Å²) in [6.07, 6.45) is 0. The molecule has 0 bridgehead atoms. The summed E-state index contributed by atoms with van der Waals surface area (Å²) in [6.45, 7) is 0. The maximum atomic E-state index is 11.4. The predicted molar refractivity (Wildman–Crippen MR) is 98.0 cm³/mol. The minimum Gasteiger partial charge on any atom is -0.508 e. The lowest BCUT2D eigenvalue weighted by Crippen LogP contribution is -2.32. The van der Waals surface area contributed by atoms with E-state index in [2.05, 4.69) is 9.98 Å². The van der Waals surface area contributed by atoms with Crippen molar-refractivity contribution in [2.24, 2.45) is 9.98 Å². The smallest absolute Gasteiger partial charge is 0.228 e. The van der Waals surface area contributed by atoms with E-state index in [1.54, 1.807) is 24.3 Å². The first-order valence-electron chi connectivity index (χ1n) is 7.98. The second kappa shape index (κ2) is 6.00. The highest BCUT2D eigenvalue weighted by atomic mass is 16.3. The molecule has 1 atom stereocenters. The summed E-state index contributed by atoms with van der Waals surface area (Å²) < 4.78 is 0. The quantitative estimate of drug-likeness (QED) is 0.773. The van der Waals surface area contributed by atoms with Crippen molar-refractivity contribution >= 4 is 11.5 Å². The van der Waals surface area contributed by atoms with E-state index in [4.69, 9.17) is 0 Å². The third kappa shape index (κ3) is 2.73. The molecule has 0 saturated heterocycles. The molecule has 3 aromatic rings. The topological polar surface area (TPSA) is 65.2 Å². The Kier molecular flexibility index (Phi) is 3.67. The second-order valence-electron chi connectivity index (χ2n) is 5.85. The molecule has 122 valence electrons. The monoisotopic (exact) mass is 328 g/mol. The first-order chi connectivity index (χ1) is 12.2. The number of aliphatic hydroxyl groups is 1. The molecule has 0 aromatic heterocycles.